The van der Waals surface area contributed by atoms with E-state index >= 15 is 0 Å². The Bertz CT molecular complexity index is 1540. The lowest BCUT2D eigenvalue weighted by Gasteiger charge is -2.39. The Labute approximate surface area is 245 Å². The van der Waals surface area contributed by atoms with Gasteiger partial charge >= 0.3 is 0 Å². The number of benzene rings is 2. The van der Waals surface area contributed by atoms with Crippen LogP contribution in [0.25, 0.3) is 0 Å². The van der Waals surface area contributed by atoms with Crippen LogP contribution in [0.1, 0.15) is 50.3 Å². The van der Waals surface area contributed by atoms with Gasteiger partial charge in [-0.1, -0.05) is 43.3 Å². The maximum absolute atomic E-state index is 14.5. The molecule has 5 rings (SSSR count). The molecule has 42 heavy (non-hydrogen) atoms. The fraction of sp³-hybridized carbons (Fsp3) is 0.300. The highest BCUT2D eigenvalue weighted by atomic mass is 35.5. The quantitative estimate of drug-likeness (QED) is 0.383. The van der Waals surface area contributed by atoms with Crippen molar-refractivity contribution >= 4 is 40.8 Å². The number of nitrogens with one attached hydrogen (secondary N) is 1. The number of halogens is 4. The van der Waals surface area contributed by atoms with Gasteiger partial charge in [0, 0.05) is 47.8 Å². The van der Waals surface area contributed by atoms with Gasteiger partial charge in [-0.15, -0.1) is 0 Å². The van der Waals surface area contributed by atoms with Crippen molar-refractivity contribution in [3.63, 3.8) is 0 Å². The summed E-state index contributed by atoms with van der Waals surface area (Å²) in [5.41, 5.74) is 0.436. The molecule has 2 aliphatic rings. The second-order valence-corrected chi connectivity index (χ2v) is 10.3. The Balaban J connectivity index is 0.00000405. The minimum atomic E-state index is -2.91. The van der Waals surface area contributed by atoms with Gasteiger partial charge in [0.05, 0.1) is 5.56 Å². The van der Waals surface area contributed by atoms with Crippen LogP contribution in [0.2, 0.25) is 5.02 Å². The Hall–Kier alpha value is -4.43. The summed E-state index contributed by atoms with van der Waals surface area (Å²) in [6, 6.07) is 12.6. The molecule has 2 heterocycles. The average molecular weight is 598 g/mol. The van der Waals surface area contributed by atoms with Crippen molar-refractivity contribution < 1.29 is 27.6 Å². The summed E-state index contributed by atoms with van der Waals surface area (Å²) >= 11 is 6.48. The monoisotopic (exact) mass is 597 g/mol. The third-order valence-electron chi connectivity index (χ3n) is 7.09. The first-order valence-electron chi connectivity index (χ1n) is 12.8. The van der Waals surface area contributed by atoms with Gasteiger partial charge in [-0.3, -0.25) is 24.2 Å². The standard InChI is InChI=1S/C29H23ClF3N5O3.CH4/c30-22-7-2-1-6-21(22)26(27(40)36-19-13-29(32,33)14-19)37(20-5-3-4-18(31)12-20)28(41)23-9-11-25(39)38(23)24-10-8-17(15-34)16-35-24;/h1-8,10,12,16,19,23,26H,9,11,13-14H2,(H,36,40);1H4/t23-,26-;/m0./s1. The van der Waals surface area contributed by atoms with Crippen LogP contribution >= 0.6 is 11.6 Å². The number of aromatic nitrogens is 1. The second kappa shape index (κ2) is 12.2. The van der Waals surface area contributed by atoms with Crippen LogP contribution in [-0.2, 0) is 14.4 Å². The average Bonchev–Trinajstić information content (AvgIpc) is 3.32. The number of nitriles is 1. The summed E-state index contributed by atoms with van der Waals surface area (Å²) in [5, 5.41) is 11.8. The molecule has 8 nitrogen and oxygen atoms in total. The molecule has 0 bridgehead atoms. The van der Waals surface area contributed by atoms with Crippen molar-refractivity contribution in [3.8, 4) is 6.07 Å². The van der Waals surface area contributed by atoms with Crippen molar-refractivity contribution in [1.82, 2.24) is 10.3 Å². The summed E-state index contributed by atoms with van der Waals surface area (Å²) in [4.78, 5) is 47.5. The Kier molecular flexibility index (Phi) is 8.87. The molecule has 2 atom stereocenters. The summed E-state index contributed by atoms with van der Waals surface area (Å²) in [7, 11) is 0. The fourth-order valence-electron chi connectivity index (χ4n) is 5.13. The number of carbonyl (C=O) groups excluding carboxylic acids is 3. The third-order valence-corrected chi connectivity index (χ3v) is 7.43. The minimum Gasteiger partial charge on any atom is -0.351 e. The first-order valence-corrected chi connectivity index (χ1v) is 13.2. The fourth-order valence-corrected chi connectivity index (χ4v) is 5.37. The molecule has 2 fully saturated rings. The highest BCUT2D eigenvalue weighted by Crippen LogP contribution is 2.39. The van der Waals surface area contributed by atoms with Gasteiger partial charge in [-0.25, -0.2) is 18.2 Å². The number of nitrogens with zero attached hydrogens (tertiary/aromatic N) is 4. The highest BCUT2D eigenvalue weighted by molar-refractivity contribution is 6.31. The zero-order chi connectivity index (χ0) is 29.3. The molecular weight excluding hydrogens is 571 g/mol. The molecule has 12 heteroatoms. The molecule has 1 aromatic heterocycles. The molecule has 0 spiro atoms. The molecule has 1 saturated heterocycles. The number of anilines is 2. The van der Waals surface area contributed by atoms with E-state index in [0.717, 1.165) is 11.0 Å². The molecule has 0 unspecified atom stereocenters. The number of alkyl halides is 2. The second-order valence-electron chi connectivity index (χ2n) is 9.92. The number of rotatable bonds is 7. The van der Waals surface area contributed by atoms with Gasteiger partial charge in [-0.2, -0.15) is 5.26 Å². The van der Waals surface area contributed by atoms with E-state index in [1.165, 1.54) is 53.6 Å². The van der Waals surface area contributed by atoms with E-state index in [-0.39, 0.29) is 47.9 Å². The van der Waals surface area contributed by atoms with Crippen LogP contribution < -0.4 is 15.1 Å². The maximum Gasteiger partial charge on any atom is 0.252 e. The zero-order valence-electron chi connectivity index (χ0n) is 21.4. The van der Waals surface area contributed by atoms with Crippen molar-refractivity contribution in [3.05, 3.63) is 88.8 Å². The van der Waals surface area contributed by atoms with Gasteiger partial charge in [0.2, 0.25) is 11.8 Å². The van der Waals surface area contributed by atoms with Crippen LogP contribution in [-0.4, -0.2) is 40.7 Å². The molecule has 0 radical (unpaired) electrons. The van der Waals surface area contributed by atoms with Crippen molar-refractivity contribution in [1.29, 1.82) is 5.26 Å². The lowest BCUT2D eigenvalue weighted by molar-refractivity contribution is -0.133. The van der Waals surface area contributed by atoms with Crippen molar-refractivity contribution in [2.45, 2.75) is 57.2 Å². The predicted octanol–water partition coefficient (Wildman–Crippen LogP) is 5.57. The van der Waals surface area contributed by atoms with Gasteiger partial charge < -0.3 is 5.32 Å². The van der Waals surface area contributed by atoms with Gasteiger partial charge in [-0.05, 0) is 42.8 Å². The molecule has 218 valence electrons. The molecule has 1 aliphatic heterocycles. The third kappa shape index (κ3) is 6.09. The predicted molar refractivity (Wildman–Crippen MR) is 150 cm³/mol. The van der Waals surface area contributed by atoms with Crippen molar-refractivity contribution in [2.75, 3.05) is 9.80 Å². The van der Waals surface area contributed by atoms with Gasteiger partial charge in [0.25, 0.3) is 11.8 Å². The van der Waals surface area contributed by atoms with Crippen LogP contribution in [0.4, 0.5) is 24.7 Å². The minimum absolute atomic E-state index is 0. The lowest BCUT2D eigenvalue weighted by atomic mass is 9.87. The van der Waals surface area contributed by atoms with E-state index in [1.54, 1.807) is 12.1 Å². The van der Waals surface area contributed by atoms with E-state index < -0.39 is 60.4 Å². The first kappa shape index (κ1) is 30.5. The van der Waals surface area contributed by atoms with E-state index in [0.29, 0.717) is 0 Å². The van der Waals surface area contributed by atoms with E-state index in [9.17, 15) is 27.6 Å². The SMILES string of the molecule is C.N#Cc1ccc(N2C(=O)CC[C@H]2C(=O)N(c2cccc(F)c2)[C@H](C(=O)NC2CC(F)(F)C2)c2ccccc2Cl)nc1. The molecule has 1 N–H and O–H groups in total. The molecule has 1 saturated carbocycles. The molecule has 3 aromatic rings. The summed E-state index contributed by atoms with van der Waals surface area (Å²) in [5.74, 6) is -5.40. The van der Waals surface area contributed by atoms with E-state index in [2.05, 4.69) is 10.3 Å². The highest BCUT2D eigenvalue weighted by Gasteiger charge is 2.48. The largest absolute Gasteiger partial charge is 0.351 e. The van der Waals surface area contributed by atoms with E-state index in [4.69, 9.17) is 16.9 Å². The van der Waals surface area contributed by atoms with Crippen molar-refractivity contribution in [2.24, 2.45) is 0 Å². The van der Waals surface area contributed by atoms with Gasteiger partial charge in [0.15, 0.2) is 0 Å². The van der Waals surface area contributed by atoms with Crippen LogP contribution in [0, 0.1) is 17.1 Å². The molecular formula is C30H27ClF3N5O3. The Morgan fingerprint density at radius 2 is 1.88 bits per heavy atom. The molecule has 2 aromatic carbocycles. The molecule has 3 amide bonds. The maximum atomic E-state index is 14.5. The number of hydrogen-bond donors (Lipinski definition) is 1. The number of pyridine rings is 1. The number of hydrogen-bond acceptors (Lipinski definition) is 5. The van der Waals surface area contributed by atoms with Crippen LogP contribution in [0.15, 0.2) is 66.9 Å². The summed E-state index contributed by atoms with van der Waals surface area (Å²) in [6.07, 6.45) is 0.210. The number of carbonyl (C=O) groups is 3. The smallest absolute Gasteiger partial charge is 0.252 e. The zero-order valence-corrected chi connectivity index (χ0v) is 22.2. The topological polar surface area (TPSA) is 106 Å². The lowest BCUT2D eigenvalue weighted by Crippen LogP contribution is -2.56. The molecule has 1 aliphatic carbocycles. The van der Waals surface area contributed by atoms with Crippen LogP contribution in [0.5, 0.6) is 0 Å². The summed E-state index contributed by atoms with van der Waals surface area (Å²) < 4.78 is 41.7. The first-order chi connectivity index (χ1) is 19.6. The van der Waals surface area contributed by atoms with Gasteiger partial charge in [0.1, 0.15) is 29.8 Å². The normalized spacial score (nSPS) is 18.3. The summed E-state index contributed by atoms with van der Waals surface area (Å²) in [6.45, 7) is 0. The van der Waals surface area contributed by atoms with E-state index in [1.807, 2.05) is 6.07 Å². The van der Waals surface area contributed by atoms with Crippen LogP contribution in [0.3, 0.4) is 0 Å². The Morgan fingerprint density at radius 1 is 1.14 bits per heavy atom. The Morgan fingerprint density at radius 3 is 2.50 bits per heavy atom. The number of amides is 3.